The van der Waals surface area contributed by atoms with Crippen molar-refractivity contribution in [3.63, 3.8) is 0 Å². The zero-order chi connectivity index (χ0) is 16.4. The number of nitrogens with zero attached hydrogens (tertiary/aromatic N) is 3. The molecule has 1 aromatic rings. The van der Waals surface area contributed by atoms with Crippen molar-refractivity contribution in [3.05, 3.63) is 17.5 Å². The standard InChI is InChI=1S/C16H23N3O4/c1-16(6-3-4-9-23-16)15(21)18-7-5-8-19-12(11-18)10-13(17-19)14(20)22-2/h10H,3-9,11H2,1-2H3/t16-/m1/s1. The predicted octanol–water partition coefficient (Wildman–Crippen LogP) is 1.36. The van der Waals surface area contributed by atoms with Crippen molar-refractivity contribution < 1.29 is 19.1 Å². The summed E-state index contributed by atoms with van der Waals surface area (Å²) >= 11 is 0. The van der Waals surface area contributed by atoms with E-state index in [1.165, 1.54) is 7.11 Å². The molecule has 0 N–H and O–H groups in total. The molecule has 0 aromatic carbocycles. The van der Waals surface area contributed by atoms with Crippen LogP contribution in [0.1, 0.15) is 48.8 Å². The fourth-order valence-corrected chi connectivity index (χ4v) is 3.28. The minimum atomic E-state index is -0.724. The van der Waals surface area contributed by atoms with E-state index in [1.807, 2.05) is 11.8 Å². The summed E-state index contributed by atoms with van der Waals surface area (Å²) in [5.74, 6) is -0.419. The molecule has 1 aromatic heterocycles. The zero-order valence-electron chi connectivity index (χ0n) is 13.7. The summed E-state index contributed by atoms with van der Waals surface area (Å²) in [5.41, 5.74) is 0.422. The Hall–Kier alpha value is -1.89. The summed E-state index contributed by atoms with van der Waals surface area (Å²) in [4.78, 5) is 26.4. The van der Waals surface area contributed by atoms with Crippen molar-refractivity contribution in [1.82, 2.24) is 14.7 Å². The highest BCUT2D eigenvalue weighted by molar-refractivity contribution is 5.87. The number of esters is 1. The van der Waals surface area contributed by atoms with E-state index < -0.39 is 11.6 Å². The number of hydrogen-bond donors (Lipinski definition) is 0. The Balaban J connectivity index is 1.78. The van der Waals surface area contributed by atoms with Gasteiger partial charge in [0.25, 0.3) is 5.91 Å². The van der Waals surface area contributed by atoms with Crippen LogP contribution >= 0.6 is 0 Å². The van der Waals surface area contributed by atoms with Gasteiger partial charge in [-0.05, 0) is 38.7 Å². The van der Waals surface area contributed by atoms with Crippen molar-refractivity contribution in [1.29, 1.82) is 0 Å². The van der Waals surface area contributed by atoms with Crippen LogP contribution in [-0.2, 0) is 27.4 Å². The number of hydrogen-bond acceptors (Lipinski definition) is 5. The molecule has 1 amide bonds. The maximum Gasteiger partial charge on any atom is 0.358 e. The maximum atomic E-state index is 12.9. The van der Waals surface area contributed by atoms with Crippen LogP contribution in [0.25, 0.3) is 0 Å². The number of aromatic nitrogens is 2. The van der Waals surface area contributed by atoms with E-state index in [9.17, 15) is 9.59 Å². The second-order valence-corrected chi connectivity index (χ2v) is 6.35. The highest BCUT2D eigenvalue weighted by atomic mass is 16.5. The van der Waals surface area contributed by atoms with Gasteiger partial charge in [-0.3, -0.25) is 9.48 Å². The third-order valence-corrected chi connectivity index (χ3v) is 4.62. The highest BCUT2D eigenvalue weighted by Crippen LogP contribution is 2.28. The number of ether oxygens (including phenoxy) is 2. The van der Waals surface area contributed by atoms with Crippen LogP contribution in [0.4, 0.5) is 0 Å². The molecule has 1 atom stereocenters. The zero-order valence-corrected chi connectivity index (χ0v) is 13.7. The molecule has 126 valence electrons. The molecule has 0 saturated carbocycles. The highest BCUT2D eigenvalue weighted by Gasteiger charge is 2.39. The molecule has 0 bridgehead atoms. The van der Waals surface area contributed by atoms with Gasteiger partial charge >= 0.3 is 5.97 Å². The lowest BCUT2D eigenvalue weighted by atomic mass is 9.94. The van der Waals surface area contributed by atoms with Gasteiger partial charge in [-0.1, -0.05) is 0 Å². The number of rotatable bonds is 2. The van der Waals surface area contributed by atoms with Crippen molar-refractivity contribution in [2.24, 2.45) is 0 Å². The molecule has 7 nitrogen and oxygen atoms in total. The van der Waals surface area contributed by atoms with Gasteiger partial charge < -0.3 is 14.4 Å². The Morgan fingerprint density at radius 2 is 2.13 bits per heavy atom. The SMILES string of the molecule is COC(=O)c1cc2n(n1)CCCN(C(=O)[C@@]1(C)CCCCO1)C2. The molecule has 2 aliphatic heterocycles. The Morgan fingerprint density at radius 1 is 1.30 bits per heavy atom. The van der Waals surface area contributed by atoms with Gasteiger partial charge in [0.1, 0.15) is 5.60 Å². The molecule has 3 rings (SSSR count). The van der Waals surface area contributed by atoms with Gasteiger partial charge in [0.15, 0.2) is 5.69 Å². The lowest BCUT2D eigenvalue weighted by Crippen LogP contribution is -2.50. The Morgan fingerprint density at radius 3 is 2.83 bits per heavy atom. The minimum Gasteiger partial charge on any atom is -0.464 e. The minimum absolute atomic E-state index is 0.0338. The Kier molecular flexibility index (Phi) is 4.39. The van der Waals surface area contributed by atoms with Crippen LogP contribution in [0.2, 0.25) is 0 Å². The summed E-state index contributed by atoms with van der Waals surface area (Å²) in [6.45, 7) is 4.33. The summed E-state index contributed by atoms with van der Waals surface area (Å²) in [6, 6.07) is 1.71. The van der Waals surface area contributed by atoms with Crippen LogP contribution in [0, 0.1) is 0 Å². The Bertz CT molecular complexity index is 604. The molecule has 0 spiro atoms. The van der Waals surface area contributed by atoms with Crippen molar-refractivity contribution >= 4 is 11.9 Å². The number of carbonyl (C=O) groups excluding carboxylic acids is 2. The first-order valence-electron chi connectivity index (χ1n) is 8.12. The summed E-state index contributed by atoms with van der Waals surface area (Å²) < 4.78 is 12.3. The molecule has 7 heteroatoms. The van der Waals surface area contributed by atoms with Crippen LogP contribution in [0.5, 0.6) is 0 Å². The average Bonchev–Trinajstić information content (AvgIpc) is 2.86. The fraction of sp³-hybridized carbons (Fsp3) is 0.688. The molecule has 23 heavy (non-hydrogen) atoms. The molecule has 0 aliphatic carbocycles. The summed E-state index contributed by atoms with van der Waals surface area (Å²) in [5, 5.41) is 4.28. The maximum absolute atomic E-state index is 12.9. The third kappa shape index (κ3) is 3.10. The van der Waals surface area contributed by atoms with Crippen molar-refractivity contribution in [2.45, 2.75) is 51.3 Å². The molecule has 0 unspecified atom stereocenters. The number of aryl methyl sites for hydroxylation is 1. The van der Waals surface area contributed by atoms with E-state index in [2.05, 4.69) is 5.10 Å². The quantitative estimate of drug-likeness (QED) is 0.769. The van der Waals surface area contributed by atoms with Gasteiger partial charge in [-0.15, -0.1) is 0 Å². The van der Waals surface area contributed by atoms with E-state index in [-0.39, 0.29) is 11.6 Å². The van der Waals surface area contributed by atoms with Crippen LogP contribution in [0.15, 0.2) is 6.07 Å². The molecule has 0 radical (unpaired) electrons. The van der Waals surface area contributed by atoms with Crippen LogP contribution < -0.4 is 0 Å². The first kappa shape index (κ1) is 16.0. The largest absolute Gasteiger partial charge is 0.464 e. The first-order chi connectivity index (χ1) is 11.0. The average molecular weight is 321 g/mol. The number of carbonyl (C=O) groups is 2. The fourth-order valence-electron chi connectivity index (χ4n) is 3.28. The predicted molar refractivity (Wildman–Crippen MR) is 81.8 cm³/mol. The van der Waals surface area contributed by atoms with Gasteiger partial charge in [-0.2, -0.15) is 5.10 Å². The lowest BCUT2D eigenvalue weighted by Gasteiger charge is -2.36. The van der Waals surface area contributed by atoms with E-state index in [4.69, 9.17) is 9.47 Å². The summed E-state index contributed by atoms with van der Waals surface area (Å²) in [6.07, 6.45) is 3.59. The Labute approximate surface area is 135 Å². The second-order valence-electron chi connectivity index (χ2n) is 6.35. The smallest absolute Gasteiger partial charge is 0.358 e. The van der Waals surface area contributed by atoms with E-state index in [1.54, 1.807) is 10.7 Å². The molecule has 3 heterocycles. The van der Waals surface area contributed by atoms with Gasteiger partial charge in [0.2, 0.25) is 0 Å². The normalized spacial score (nSPS) is 24.7. The molecule has 1 fully saturated rings. The molecule has 2 aliphatic rings. The van der Waals surface area contributed by atoms with Crippen molar-refractivity contribution in [2.75, 3.05) is 20.3 Å². The third-order valence-electron chi connectivity index (χ3n) is 4.62. The van der Waals surface area contributed by atoms with Crippen molar-refractivity contribution in [3.8, 4) is 0 Å². The number of amides is 1. The molecular weight excluding hydrogens is 298 g/mol. The van der Waals surface area contributed by atoms with Crippen LogP contribution in [-0.4, -0.2) is 52.4 Å². The monoisotopic (exact) mass is 321 g/mol. The van der Waals surface area contributed by atoms with Crippen LogP contribution in [0.3, 0.4) is 0 Å². The van der Waals surface area contributed by atoms with E-state index >= 15 is 0 Å². The van der Waals surface area contributed by atoms with Gasteiger partial charge in [0, 0.05) is 19.7 Å². The molecular formula is C16H23N3O4. The number of methoxy groups -OCH3 is 1. The van der Waals surface area contributed by atoms with Gasteiger partial charge in [-0.25, -0.2) is 4.79 Å². The van der Waals surface area contributed by atoms with E-state index in [0.717, 1.165) is 31.4 Å². The molecule has 1 saturated heterocycles. The lowest BCUT2D eigenvalue weighted by molar-refractivity contribution is -0.162. The summed E-state index contributed by atoms with van der Waals surface area (Å²) in [7, 11) is 1.34. The first-order valence-corrected chi connectivity index (χ1v) is 8.12. The number of fused-ring (bicyclic) bond motifs is 1. The topological polar surface area (TPSA) is 73.7 Å². The second kappa shape index (κ2) is 6.31. The van der Waals surface area contributed by atoms with Gasteiger partial charge in [0.05, 0.1) is 19.3 Å². The van der Waals surface area contributed by atoms with E-state index in [0.29, 0.717) is 26.2 Å².